The molecule has 1 N–H and O–H groups in total. The third-order valence-corrected chi connectivity index (χ3v) is 5.92. The molecule has 4 rings (SSSR count). The molecular formula is C21H18N4O4S. The highest BCUT2D eigenvalue weighted by Gasteiger charge is 2.20. The third-order valence-electron chi connectivity index (χ3n) is 4.55. The highest BCUT2D eigenvalue weighted by atomic mass is 32.2. The Balaban J connectivity index is 1.87. The largest absolute Gasteiger partial charge is 0.465 e. The number of benzene rings is 2. The van der Waals surface area contributed by atoms with E-state index < -0.39 is 16.0 Å². The molecule has 0 saturated carbocycles. The standard InChI is InChI=1S/C21H18N4O4S/c1-14-4-7-17(8-5-14)30(27,28)24-19-13-16-12-15(20(26)29-2)6-9-18(16)25(19)21-22-10-3-11-23-21/h3-13,24H,1-2H3. The summed E-state index contributed by atoms with van der Waals surface area (Å²) in [6, 6.07) is 14.8. The molecule has 2 heterocycles. The Morgan fingerprint density at radius 1 is 1.03 bits per heavy atom. The van der Waals surface area contributed by atoms with Crippen LogP contribution in [0.2, 0.25) is 0 Å². The quantitative estimate of drug-likeness (QED) is 0.495. The molecule has 0 spiro atoms. The highest BCUT2D eigenvalue weighted by Crippen LogP contribution is 2.29. The number of nitrogens with one attached hydrogen (secondary N) is 1. The number of hydrogen-bond donors (Lipinski definition) is 1. The molecule has 2 aromatic carbocycles. The maximum Gasteiger partial charge on any atom is 0.337 e. The molecule has 0 aliphatic carbocycles. The van der Waals surface area contributed by atoms with E-state index in [1.165, 1.54) is 7.11 Å². The van der Waals surface area contributed by atoms with Crippen molar-refractivity contribution in [2.75, 3.05) is 11.8 Å². The number of nitrogens with zero attached hydrogens (tertiary/aromatic N) is 3. The Bertz CT molecular complexity index is 1330. The number of aromatic nitrogens is 3. The Morgan fingerprint density at radius 2 is 1.73 bits per heavy atom. The second kappa shape index (κ2) is 7.60. The first kappa shape index (κ1) is 19.6. The van der Waals surface area contributed by atoms with Crippen molar-refractivity contribution in [2.45, 2.75) is 11.8 Å². The van der Waals surface area contributed by atoms with Gasteiger partial charge < -0.3 is 4.74 Å². The van der Waals surface area contributed by atoms with Crippen molar-refractivity contribution in [3.63, 3.8) is 0 Å². The van der Waals surface area contributed by atoms with E-state index in [4.69, 9.17) is 4.74 Å². The van der Waals surface area contributed by atoms with Gasteiger partial charge in [-0.25, -0.2) is 23.2 Å². The van der Waals surface area contributed by atoms with Crippen molar-refractivity contribution in [1.82, 2.24) is 14.5 Å². The Hall–Kier alpha value is -3.72. The first-order valence-corrected chi connectivity index (χ1v) is 10.5. The number of methoxy groups -OCH3 is 1. The minimum absolute atomic E-state index is 0.133. The molecule has 0 atom stereocenters. The van der Waals surface area contributed by atoms with Crippen LogP contribution in [0.5, 0.6) is 0 Å². The van der Waals surface area contributed by atoms with E-state index in [1.807, 2.05) is 6.92 Å². The molecule has 152 valence electrons. The molecule has 0 saturated heterocycles. The van der Waals surface area contributed by atoms with Crippen LogP contribution < -0.4 is 4.72 Å². The molecule has 0 fully saturated rings. The van der Waals surface area contributed by atoms with Gasteiger partial charge in [0.25, 0.3) is 10.0 Å². The molecular weight excluding hydrogens is 404 g/mol. The molecule has 8 nitrogen and oxygen atoms in total. The molecule has 2 aromatic heterocycles. The SMILES string of the molecule is COC(=O)c1ccc2c(c1)cc(NS(=O)(=O)c1ccc(C)cc1)n2-c1ncccn1. The summed E-state index contributed by atoms with van der Waals surface area (Å²) in [6.07, 6.45) is 3.13. The Labute approximate surface area is 173 Å². The summed E-state index contributed by atoms with van der Waals surface area (Å²) < 4.78 is 34.9. The molecule has 0 amide bonds. The number of rotatable bonds is 5. The summed E-state index contributed by atoms with van der Waals surface area (Å²) in [5, 5.41) is 0.631. The Kier molecular flexibility index (Phi) is 4.96. The molecule has 0 aliphatic rings. The maximum atomic E-state index is 13.0. The lowest BCUT2D eigenvalue weighted by molar-refractivity contribution is 0.0601. The number of fused-ring (bicyclic) bond motifs is 1. The van der Waals surface area contributed by atoms with Crippen LogP contribution in [0.15, 0.2) is 71.9 Å². The van der Waals surface area contributed by atoms with Crippen LogP contribution in [0.3, 0.4) is 0 Å². The molecule has 0 unspecified atom stereocenters. The first-order chi connectivity index (χ1) is 14.4. The number of esters is 1. The number of carbonyl (C=O) groups is 1. The minimum Gasteiger partial charge on any atom is -0.465 e. The van der Waals surface area contributed by atoms with E-state index in [0.29, 0.717) is 22.4 Å². The fourth-order valence-corrected chi connectivity index (χ4v) is 4.11. The van der Waals surface area contributed by atoms with Gasteiger partial charge in [0.2, 0.25) is 5.95 Å². The van der Waals surface area contributed by atoms with Gasteiger partial charge in [0.1, 0.15) is 5.82 Å². The number of sulfonamides is 1. The highest BCUT2D eigenvalue weighted by molar-refractivity contribution is 7.92. The number of carbonyl (C=O) groups excluding carboxylic acids is 1. The second-order valence-corrected chi connectivity index (χ2v) is 8.28. The van der Waals surface area contributed by atoms with Crippen LogP contribution in [0.25, 0.3) is 16.9 Å². The van der Waals surface area contributed by atoms with E-state index in [-0.39, 0.29) is 10.7 Å². The number of ether oxygens (including phenoxy) is 1. The van der Waals surface area contributed by atoms with Crippen LogP contribution >= 0.6 is 0 Å². The molecule has 0 aliphatic heterocycles. The summed E-state index contributed by atoms with van der Waals surface area (Å²) in [7, 11) is -2.56. The topological polar surface area (TPSA) is 103 Å². The number of anilines is 1. The van der Waals surface area contributed by atoms with Gasteiger partial charge in [-0.05, 0) is 49.4 Å². The van der Waals surface area contributed by atoms with Gasteiger partial charge in [0.05, 0.1) is 23.1 Å². The van der Waals surface area contributed by atoms with E-state index >= 15 is 0 Å². The van der Waals surface area contributed by atoms with E-state index in [2.05, 4.69) is 14.7 Å². The van der Waals surface area contributed by atoms with Gasteiger partial charge in [0, 0.05) is 17.8 Å². The van der Waals surface area contributed by atoms with Gasteiger partial charge in [-0.15, -0.1) is 0 Å². The average molecular weight is 422 g/mol. The lowest BCUT2D eigenvalue weighted by Crippen LogP contribution is -2.16. The zero-order valence-corrected chi connectivity index (χ0v) is 17.1. The van der Waals surface area contributed by atoms with Crippen LogP contribution in [-0.4, -0.2) is 36.0 Å². The van der Waals surface area contributed by atoms with Crippen molar-refractivity contribution in [2.24, 2.45) is 0 Å². The zero-order chi connectivity index (χ0) is 21.3. The monoisotopic (exact) mass is 422 g/mol. The molecule has 4 aromatic rings. The normalized spacial score (nSPS) is 11.4. The summed E-state index contributed by atoms with van der Waals surface area (Å²) in [5.74, 6) is 0.0566. The summed E-state index contributed by atoms with van der Waals surface area (Å²) in [5.41, 5.74) is 1.94. The summed E-state index contributed by atoms with van der Waals surface area (Å²) >= 11 is 0. The van der Waals surface area contributed by atoms with Crippen LogP contribution in [0, 0.1) is 6.92 Å². The zero-order valence-electron chi connectivity index (χ0n) is 16.2. The van der Waals surface area contributed by atoms with Crippen molar-refractivity contribution in [3.05, 3.63) is 78.1 Å². The molecule has 0 radical (unpaired) electrons. The van der Waals surface area contributed by atoms with Gasteiger partial charge in [0.15, 0.2) is 0 Å². The smallest absolute Gasteiger partial charge is 0.337 e. The molecule has 9 heteroatoms. The van der Waals surface area contributed by atoms with Crippen LogP contribution in [0.4, 0.5) is 5.82 Å². The predicted octanol–water partition coefficient (Wildman–Crippen LogP) is 3.32. The summed E-state index contributed by atoms with van der Waals surface area (Å²) in [4.78, 5) is 20.5. The molecule has 30 heavy (non-hydrogen) atoms. The maximum absolute atomic E-state index is 13.0. The predicted molar refractivity (Wildman–Crippen MR) is 112 cm³/mol. The van der Waals surface area contributed by atoms with Gasteiger partial charge >= 0.3 is 5.97 Å². The van der Waals surface area contributed by atoms with Gasteiger partial charge in [-0.1, -0.05) is 17.7 Å². The fourth-order valence-electron chi connectivity index (χ4n) is 3.07. The summed E-state index contributed by atoms with van der Waals surface area (Å²) in [6.45, 7) is 1.88. The Morgan fingerprint density at radius 3 is 2.40 bits per heavy atom. The third kappa shape index (κ3) is 3.62. The number of hydrogen-bond acceptors (Lipinski definition) is 6. The van der Waals surface area contributed by atoms with Crippen molar-refractivity contribution in [3.8, 4) is 5.95 Å². The molecule has 0 bridgehead atoms. The second-order valence-electron chi connectivity index (χ2n) is 6.60. The fraction of sp³-hybridized carbons (Fsp3) is 0.0952. The van der Waals surface area contributed by atoms with Gasteiger partial charge in [-0.3, -0.25) is 9.29 Å². The minimum atomic E-state index is -3.86. The van der Waals surface area contributed by atoms with Crippen LogP contribution in [0.1, 0.15) is 15.9 Å². The van der Waals surface area contributed by atoms with Crippen LogP contribution in [-0.2, 0) is 14.8 Å². The van der Waals surface area contributed by atoms with E-state index in [0.717, 1.165) is 5.56 Å². The van der Waals surface area contributed by atoms with E-state index in [1.54, 1.807) is 71.6 Å². The van der Waals surface area contributed by atoms with Gasteiger partial charge in [-0.2, -0.15) is 0 Å². The number of aryl methyl sites for hydroxylation is 1. The van der Waals surface area contributed by atoms with Crippen molar-refractivity contribution < 1.29 is 17.9 Å². The van der Waals surface area contributed by atoms with Crippen molar-refractivity contribution in [1.29, 1.82) is 0 Å². The lowest BCUT2D eigenvalue weighted by Gasteiger charge is -2.12. The average Bonchev–Trinajstić information content (AvgIpc) is 3.10. The van der Waals surface area contributed by atoms with Crippen molar-refractivity contribution >= 4 is 32.7 Å². The van der Waals surface area contributed by atoms with E-state index in [9.17, 15) is 13.2 Å². The first-order valence-electron chi connectivity index (χ1n) is 9.00. The lowest BCUT2D eigenvalue weighted by atomic mass is 10.1.